The van der Waals surface area contributed by atoms with Crippen LogP contribution >= 0.6 is 11.6 Å². The summed E-state index contributed by atoms with van der Waals surface area (Å²) in [5, 5.41) is 3.71. The molecule has 1 fully saturated rings. The molecular formula is C14H14ClNO. The van der Waals surface area contributed by atoms with Gasteiger partial charge in [-0.05, 0) is 54.5 Å². The summed E-state index contributed by atoms with van der Waals surface area (Å²) in [7, 11) is 0. The van der Waals surface area contributed by atoms with Gasteiger partial charge in [-0.2, -0.15) is 0 Å². The van der Waals surface area contributed by atoms with Gasteiger partial charge in [0, 0.05) is 17.1 Å². The van der Waals surface area contributed by atoms with Crippen LogP contribution in [0.25, 0.3) is 5.57 Å². The molecule has 17 heavy (non-hydrogen) atoms. The van der Waals surface area contributed by atoms with E-state index in [1.165, 1.54) is 5.56 Å². The normalized spacial score (nSPS) is 20.4. The van der Waals surface area contributed by atoms with Gasteiger partial charge in [0.1, 0.15) is 0 Å². The first-order valence-corrected chi connectivity index (χ1v) is 6.40. The Bertz CT molecular complexity index is 503. The zero-order chi connectivity index (χ0) is 11.8. The number of hydrogen-bond acceptors (Lipinski definition) is 1. The van der Waals surface area contributed by atoms with Gasteiger partial charge in [-0.3, -0.25) is 4.79 Å². The van der Waals surface area contributed by atoms with E-state index in [2.05, 4.69) is 11.4 Å². The van der Waals surface area contributed by atoms with Crippen LogP contribution in [-0.4, -0.2) is 11.9 Å². The Hall–Kier alpha value is -1.28. The van der Waals surface area contributed by atoms with Gasteiger partial charge < -0.3 is 5.32 Å². The minimum Gasteiger partial charge on any atom is -0.350 e. The third-order valence-electron chi connectivity index (χ3n) is 3.31. The third-order valence-corrected chi connectivity index (χ3v) is 3.55. The maximum atomic E-state index is 11.7. The molecular weight excluding hydrogens is 234 g/mol. The van der Waals surface area contributed by atoms with Crippen LogP contribution < -0.4 is 5.32 Å². The van der Waals surface area contributed by atoms with Crippen molar-refractivity contribution in [2.45, 2.75) is 31.7 Å². The van der Waals surface area contributed by atoms with Crippen molar-refractivity contribution in [1.82, 2.24) is 5.32 Å². The van der Waals surface area contributed by atoms with Crippen LogP contribution in [0.5, 0.6) is 0 Å². The number of hydrogen-bond donors (Lipinski definition) is 1. The average molecular weight is 248 g/mol. The van der Waals surface area contributed by atoms with Crippen LogP contribution in [0.15, 0.2) is 24.3 Å². The van der Waals surface area contributed by atoms with Crippen LogP contribution in [0.4, 0.5) is 0 Å². The highest BCUT2D eigenvalue weighted by molar-refractivity contribution is 6.30. The van der Waals surface area contributed by atoms with Crippen molar-refractivity contribution in [1.29, 1.82) is 0 Å². The molecule has 1 saturated carbocycles. The van der Waals surface area contributed by atoms with E-state index in [0.717, 1.165) is 41.8 Å². The van der Waals surface area contributed by atoms with Gasteiger partial charge in [0.2, 0.25) is 5.91 Å². The van der Waals surface area contributed by atoms with Gasteiger partial charge >= 0.3 is 0 Å². The first kappa shape index (κ1) is 10.8. The van der Waals surface area contributed by atoms with Gasteiger partial charge in [-0.15, -0.1) is 0 Å². The van der Waals surface area contributed by atoms with Crippen LogP contribution in [0.1, 0.15) is 30.4 Å². The molecule has 2 aliphatic rings. The highest BCUT2D eigenvalue weighted by Gasteiger charge is 2.23. The van der Waals surface area contributed by atoms with E-state index in [9.17, 15) is 4.79 Å². The molecule has 0 radical (unpaired) electrons. The SMILES string of the molecule is O=C(/C=C1/CCc2ccc(Cl)cc21)NC1CC1. The summed E-state index contributed by atoms with van der Waals surface area (Å²) in [5.41, 5.74) is 3.55. The number of benzene rings is 1. The Kier molecular flexibility index (Phi) is 2.67. The monoisotopic (exact) mass is 247 g/mol. The smallest absolute Gasteiger partial charge is 0.244 e. The third kappa shape index (κ3) is 2.37. The number of nitrogens with one attached hydrogen (secondary N) is 1. The van der Waals surface area contributed by atoms with E-state index in [1.54, 1.807) is 6.08 Å². The van der Waals surface area contributed by atoms with Crippen molar-refractivity contribution < 1.29 is 4.79 Å². The predicted molar refractivity (Wildman–Crippen MR) is 68.9 cm³/mol. The quantitative estimate of drug-likeness (QED) is 0.800. The molecule has 0 aliphatic heterocycles. The fourth-order valence-electron chi connectivity index (χ4n) is 2.25. The summed E-state index contributed by atoms with van der Waals surface area (Å²) in [6, 6.07) is 6.34. The molecule has 88 valence electrons. The van der Waals surface area contributed by atoms with E-state index in [0.29, 0.717) is 6.04 Å². The minimum absolute atomic E-state index is 0.0373. The van der Waals surface area contributed by atoms with Gasteiger partial charge in [0.25, 0.3) is 0 Å². The summed E-state index contributed by atoms with van der Waals surface area (Å²) in [4.78, 5) is 11.7. The van der Waals surface area contributed by atoms with Crippen molar-refractivity contribution in [2.75, 3.05) is 0 Å². The molecule has 0 bridgehead atoms. The van der Waals surface area contributed by atoms with Gasteiger partial charge in [-0.25, -0.2) is 0 Å². The molecule has 2 aliphatic carbocycles. The molecule has 0 saturated heterocycles. The van der Waals surface area contributed by atoms with E-state index in [1.807, 2.05) is 12.1 Å². The Balaban J connectivity index is 1.83. The van der Waals surface area contributed by atoms with Crippen molar-refractivity contribution in [3.8, 4) is 0 Å². The standard InChI is InChI=1S/C14H14ClNO/c15-11-4-3-9-1-2-10(13(9)8-11)7-14(17)16-12-5-6-12/h3-4,7-8,12H,1-2,5-6H2,(H,16,17)/b10-7-. The number of allylic oxidation sites excluding steroid dienone is 1. The Morgan fingerprint density at radius 1 is 1.35 bits per heavy atom. The second kappa shape index (κ2) is 4.19. The van der Waals surface area contributed by atoms with Crippen molar-refractivity contribution in [2.24, 2.45) is 0 Å². The number of amides is 1. The molecule has 0 atom stereocenters. The first-order valence-electron chi connectivity index (χ1n) is 6.02. The number of fused-ring (bicyclic) bond motifs is 1. The number of carbonyl (C=O) groups excluding carboxylic acids is 1. The molecule has 1 N–H and O–H groups in total. The maximum absolute atomic E-state index is 11.7. The Labute approximate surface area is 106 Å². The van der Waals surface area contributed by atoms with E-state index >= 15 is 0 Å². The highest BCUT2D eigenvalue weighted by Crippen LogP contribution is 2.33. The Morgan fingerprint density at radius 2 is 2.18 bits per heavy atom. The van der Waals surface area contributed by atoms with Crippen LogP contribution in [0.2, 0.25) is 5.02 Å². The first-order chi connectivity index (χ1) is 8.22. The molecule has 3 rings (SSSR count). The molecule has 1 aromatic rings. The zero-order valence-corrected chi connectivity index (χ0v) is 10.3. The molecule has 0 unspecified atom stereocenters. The van der Waals surface area contributed by atoms with Crippen molar-refractivity contribution in [3.63, 3.8) is 0 Å². The second-order valence-corrected chi connectivity index (χ2v) is 5.19. The number of carbonyl (C=O) groups is 1. The molecule has 0 spiro atoms. The van der Waals surface area contributed by atoms with Crippen LogP contribution in [0, 0.1) is 0 Å². The summed E-state index contributed by atoms with van der Waals surface area (Å²) >= 11 is 5.99. The van der Waals surface area contributed by atoms with Crippen molar-refractivity contribution >= 4 is 23.1 Å². The van der Waals surface area contributed by atoms with Gasteiger partial charge in [-0.1, -0.05) is 17.7 Å². The largest absolute Gasteiger partial charge is 0.350 e. The number of aryl methyl sites for hydroxylation is 1. The number of halogens is 1. The molecule has 2 nitrogen and oxygen atoms in total. The van der Waals surface area contributed by atoms with Crippen LogP contribution in [-0.2, 0) is 11.2 Å². The topological polar surface area (TPSA) is 29.1 Å². The lowest BCUT2D eigenvalue weighted by Gasteiger charge is -2.03. The molecule has 1 aromatic carbocycles. The van der Waals surface area contributed by atoms with E-state index < -0.39 is 0 Å². The van der Waals surface area contributed by atoms with E-state index in [-0.39, 0.29) is 5.91 Å². The fraction of sp³-hybridized carbons (Fsp3) is 0.357. The highest BCUT2D eigenvalue weighted by atomic mass is 35.5. The van der Waals surface area contributed by atoms with Crippen molar-refractivity contribution in [3.05, 3.63) is 40.4 Å². The maximum Gasteiger partial charge on any atom is 0.244 e. The van der Waals surface area contributed by atoms with E-state index in [4.69, 9.17) is 11.6 Å². The minimum atomic E-state index is 0.0373. The fourth-order valence-corrected chi connectivity index (χ4v) is 2.42. The molecule has 0 heterocycles. The molecule has 1 amide bonds. The molecule has 3 heteroatoms. The zero-order valence-electron chi connectivity index (χ0n) is 9.50. The summed E-state index contributed by atoms with van der Waals surface area (Å²) in [5.74, 6) is 0.0373. The second-order valence-electron chi connectivity index (χ2n) is 4.75. The predicted octanol–water partition coefficient (Wildman–Crippen LogP) is 2.95. The Morgan fingerprint density at radius 3 is 2.94 bits per heavy atom. The van der Waals surface area contributed by atoms with Crippen LogP contribution in [0.3, 0.4) is 0 Å². The van der Waals surface area contributed by atoms with Gasteiger partial charge in [0.15, 0.2) is 0 Å². The lowest BCUT2D eigenvalue weighted by Crippen LogP contribution is -2.23. The lowest BCUT2D eigenvalue weighted by atomic mass is 10.1. The average Bonchev–Trinajstić information content (AvgIpc) is 3.01. The summed E-state index contributed by atoms with van der Waals surface area (Å²) in [6.07, 6.45) is 5.93. The number of rotatable bonds is 2. The summed E-state index contributed by atoms with van der Waals surface area (Å²) in [6.45, 7) is 0. The summed E-state index contributed by atoms with van der Waals surface area (Å²) < 4.78 is 0. The van der Waals surface area contributed by atoms with Gasteiger partial charge in [0.05, 0.1) is 0 Å². The molecule has 0 aromatic heterocycles. The lowest BCUT2D eigenvalue weighted by molar-refractivity contribution is -0.116.